The minimum atomic E-state index is -1.76. The second-order valence-corrected chi connectivity index (χ2v) is 18.4. The fraction of sp³-hybridized carbons (Fsp3) is 0.920. The van der Waals surface area contributed by atoms with Gasteiger partial charge in [0, 0.05) is 12.8 Å². The Morgan fingerprint density at radius 3 is 1.35 bits per heavy atom. The van der Waals surface area contributed by atoms with Gasteiger partial charge >= 0.3 is 11.9 Å². The minimum Gasteiger partial charge on any atom is -0.462 e. The largest absolute Gasteiger partial charge is 0.462 e. The summed E-state index contributed by atoms with van der Waals surface area (Å²) in [5, 5.41) is 71.9. The van der Waals surface area contributed by atoms with E-state index in [1.54, 1.807) is 0 Å². The number of allylic oxidation sites excluding steroid dienone is 2. The highest BCUT2D eigenvalue weighted by molar-refractivity contribution is 5.70. The first kappa shape index (κ1) is 59.4. The second-order valence-electron chi connectivity index (χ2n) is 18.4. The van der Waals surface area contributed by atoms with E-state index < -0.39 is 92.7 Å². The molecule has 0 aromatic heterocycles. The second kappa shape index (κ2) is 38.1. The predicted molar refractivity (Wildman–Crippen MR) is 248 cm³/mol. The number of ether oxygens (including phenoxy) is 6. The van der Waals surface area contributed by atoms with Gasteiger partial charge in [0.05, 0.1) is 19.8 Å². The Balaban J connectivity index is 1.75. The predicted octanol–water partition coefficient (Wildman–Crippen LogP) is 6.99. The lowest BCUT2D eigenvalue weighted by Crippen LogP contribution is -2.61. The van der Waals surface area contributed by atoms with Crippen molar-refractivity contribution >= 4 is 11.9 Å². The molecule has 2 fully saturated rings. The number of carbonyl (C=O) groups excluding carboxylic acids is 2. The Labute approximate surface area is 390 Å². The first-order valence-electron chi connectivity index (χ1n) is 25.8. The van der Waals surface area contributed by atoms with Crippen LogP contribution in [-0.2, 0) is 38.0 Å². The number of hydrogen-bond acceptors (Lipinski definition) is 15. The molecular formula is C50H92O15. The van der Waals surface area contributed by atoms with E-state index in [2.05, 4.69) is 26.0 Å². The van der Waals surface area contributed by atoms with Crippen LogP contribution in [-0.4, -0.2) is 142 Å². The summed E-state index contributed by atoms with van der Waals surface area (Å²) in [5.41, 5.74) is 0. The van der Waals surface area contributed by atoms with Crippen LogP contribution in [0.4, 0.5) is 0 Å². The summed E-state index contributed by atoms with van der Waals surface area (Å²) in [6.45, 7) is 2.56. The fourth-order valence-corrected chi connectivity index (χ4v) is 8.21. The molecule has 7 N–H and O–H groups in total. The molecule has 0 aromatic carbocycles. The van der Waals surface area contributed by atoms with E-state index in [4.69, 9.17) is 28.4 Å². The first-order chi connectivity index (χ1) is 31.5. The zero-order valence-electron chi connectivity index (χ0n) is 40.2. The Bertz CT molecular complexity index is 1190. The van der Waals surface area contributed by atoms with Crippen molar-refractivity contribution in [3.8, 4) is 0 Å². The maximum Gasteiger partial charge on any atom is 0.306 e. The van der Waals surface area contributed by atoms with E-state index in [0.717, 1.165) is 38.5 Å². The molecule has 0 amide bonds. The first-order valence-corrected chi connectivity index (χ1v) is 25.8. The van der Waals surface area contributed by atoms with Crippen LogP contribution in [0.15, 0.2) is 12.2 Å². The van der Waals surface area contributed by atoms with Gasteiger partial charge in [-0.2, -0.15) is 0 Å². The molecule has 2 heterocycles. The van der Waals surface area contributed by atoms with Crippen molar-refractivity contribution in [1.29, 1.82) is 0 Å². The Morgan fingerprint density at radius 2 is 0.877 bits per heavy atom. The normalized spacial score (nSPS) is 26.4. The van der Waals surface area contributed by atoms with Gasteiger partial charge < -0.3 is 64.2 Å². The maximum absolute atomic E-state index is 13.0. The van der Waals surface area contributed by atoms with Crippen molar-refractivity contribution in [2.24, 2.45) is 0 Å². The topological polar surface area (TPSA) is 231 Å². The maximum atomic E-state index is 13.0. The van der Waals surface area contributed by atoms with Gasteiger partial charge in [-0.3, -0.25) is 9.59 Å². The van der Waals surface area contributed by atoms with Crippen molar-refractivity contribution < 1.29 is 73.8 Å². The molecule has 2 aliphatic rings. The third-order valence-corrected chi connectivity index (χ3v) is 12.5. The molecular weight excluding hydrogens is 841 g/mol. The SMILES string of the molecule is CCCCCCCC/C=C/CCCCCCCCCCCCCC(=O)O[C@H](COC(=O)CCCCCCCCCC)CO[C@H]1O[C@@H](CO[C@H]2O[C@@H](CO)[C@@H](O)C(O)C2O)[C@@H](O)C(O)C1O. The molecule has 15 heteroatoms. The standard InChI is InChI=1S/C50H92O15/c1-3-5-7-9-11-13-14-15-16-17-18-19-20-21-22-23-24-25-27-29-31-33-42(53)63-38(35-60-41(52)32-30-28-26-12-10-8-6-4-2)36-61-49-48(59)46(57)44(55)40(65-49)37-62-50-47(58)45(56)43(54)39(34-51)64-50/h15-16,38-40,43-51,54-59H,3-14,17-37H2,1-2H3/b16-15+/t38-,39+,40+,43-,44-,45?,46?,47?,48?,49+,50+/m1/s1. The number of esters is 2. The lowest BCUT2D eigenvalue weighted by Gasteiger charge is -2.42. The zero-order chi connectivity index (χ0) is 47.5. The Hall–Kier alpha value is -1.76. The van der Waals surface area contributed by atoms with Crippen LogP contribution in [0.25, 0.3) is 0 Å². The monoisotopic (exact) mass is 933 g/mol. The molecule has 15 nitrogen and oxygen atoms in total. The molecule has 65 heavy (non-hydrogen) atoms. The van der Waals surface area contributed by atoms with E-state index in [0.29, 0.717) is 12.8 Å². The molecule has 2 aliphatic heterocycles. The molecule has 0 aromatic rings. The molecule has 2 rings (SSSR count). The van der Waals surface area contributed by atoms with Crippen molar-refractivity contribution in [3.63, 3.8) is 0 Å². The lowest BCUT2D eigenvalue weighted by atomic mass is 9.98. The van der Waals surface area contributed by atoms with Gasteiger partial charge in [0.25, 0.3) is 0 Å². The van der Waals surface area contributed by atoms with E-state index in [1.807, 2.05) is 0 Å². The Kier molecular flexibility index (Phi) is 34.8. The summed E-state index contributed by atoms with van der Waals surface area (Å²) in [6.07, 6.45) is 19.8. The number of unbranched alkanes of at least 4 members (excludes halogenated alkanes) is 24. The summed E-state index contributed by atoms with van der Waals surface area (Å²) in [7, 11) is 0. The van der Waals surface area contributed by atoms with E-state index in [-0.39, 0.29) is 26.1 Å². The third kappa shape index (κ3) is 26.5. The van der Waals surface area contributed by atoms with E-state index in [1.165, 1.54) is 122 Å². The fourth-order valence-electron chi connectivity index (χ4n) is 8.21. The van der Waals surface area contributed by atoms with Gasteiger partial charge in [0.15, 0.2) is 18.7 Å². The minimum absolute atomic E-state index is 0.168. The molecule has 0 radical (unpaired) electrons. The van der Waals surface area contributed by atoms with Crippen molar-refractivity contribution in [3.05, 3.63) is 12.2 Å². The van der Waals surface area contributed by atoms with Crippen LogP contribution >= 0.6 is 0 Å². The van der Waals surface area contributed by atoms with Gasteiger partial charge in [-0.1, -0.05) is 161 Å². The van der Waals surface area contributed by atoms with Gasteiger partial charge in [0.1, 0.15) is 55.4 Å². The summed E-state index contributed by atoms with van der Waals surface area (Å²) in [6, 6.07) is 0. The van der Waals surface area contributed by atoms with Gasteiger partial charge in [0.2, 0.25) is 0 Å². The zero-order valence-corrected chi connectivity index (χ0v) is 40.2. The van der Waals surface area contributed by atoms with Crippen LogP contribution in [0.5, 0.6) is 0 Å². The van der Waals surface area contributed by atoms with Crippen LogP contribution in [0.1, 0.15) is 200 Å². The molecule has 0 aliphatic carbocycles. The summed E-state index contributed by atoms with van der Waals surface area (Å²) < 4.78 is 33.5. The molecule has 2 saturated heterocycles. The molecule has 0 saturated carbocycles. The number of carbonyl (C=O) groups is 2. The van der Waals surface area contributed by atoms with Crippen LogP contribution in [0, 0.1) is 0 Å². The van der Waals surface area contributed by atoms with Crippen molar-refractivity contribution in [1.82, 2.24) is 0 Å². The number of rotatable bonds is 40. The molecule has 11 atom stereocenters. The van der Waals surface area contributed by atoms with Crippen LogP contribution in [0.3, 0.4) is 0 Å². The number of hydrogen-bond donors (Lipinski definition) is 7. The molecule has 0 bridgehead atoms. The van der Waals surface area contributed by atoms with Crippen molar-refractivity contribution in [2.45, 2.75) is 268 Å². The smallest absolute Gasteiger partial charge is 0.306 e. The highest BCUT2D eigenvalue weighted by atomic mass is 16.7. The molecule has 382 valence electrons. The van der Waals surface area contributed by atoms with Crippen molar-refractivity contribution in [2.75, 3.05) is 26.4 Å². The quantitative estimate of drug-likeness (QED) is 0.0187. The molecule has 4 unspecified atom stereocenters. The average molecular weight is 933 g/mol. The third-order valence-electron chi connectivity index (χ3n) is 12.5. The van der Waals surface area contributed by atoms with Crippen LogP contribution in [0.2, 0.25) is 0 Å². The molecule has 0 spiro atoms. The van der Waals surface area contributed by atoms with Gasteiger partial charge in [-0.15, -0.1) is 0 Å². The summed E-state index contributed by atoms with van der Waals surface area (Å²) in [4.78, 5) is 25.6. The van der Waals surface area contributed by atoms with Crippen LogP contribution < -0.4 is 0 Å². The highest BCUT2D eigenvalue weighted by Gasteiger charge is 2.47. The Morgan fingerprint density at radius 1 is 0.477 bits per heavy atom. The number of aliphatic hydroxyl groups is 7. The average Bonchev–Trinajstić information content (AvgIpc) is 3.30. The summed E-state index contributed by atoms with van der Waals surface area (Å²) >= 11 is 0. The number of aliphatic hydroxyl groups excluding tert-OH is 7. The van der Waals surface area contributed by atoms with Gasteiger partial charge in [-0.05, 0) is 38.5 Å². The van der Waals surface area contributed by atoms with E-state index in [9.17, 15) is 45.3 Å². The lowest BCUT2D eigenvalue weighted by molar-refractivity contribution is -0.332. The highest BCUT2D eigenvalue weighted by Crippen LogP contribution is 2.26. The van der Waals surface area contributed by atoms with E-state index >= 15 is 0 Å². The van der Waals surface area contributed by atoms with Gasteiger partial charge in [-0.25, -0.2) is 0 Å². The summed E-state index contributed by atoms with van der Waals surface area (Å²) in [5.74, 6) is -0.922.